The van der Waals surface area contributed by atoms with Crippen molar-refractivity contribution in [1.82, 2.24) is 15.0 Å². The Bertz CT molecular complexity index is 3430. The molecule has 4 fully saturated rings. The lowest BCUT2D eigenvalue weighted by atomic mass is 9.43. The second-order valence-corrected chi connectivity index (χ2v) is 19.2. The molecule has 4 bridgehead atoms. The number of hydrogen-bond donors (Lipinski definition) is 0. The third-order valence-corrected chi connectivity index (χ3v) is 15.9. The van der Waals surface area contributed by atoms with Gasteiger partial charge in [0.15, 0.2) is 17.5 Å². The minimum Gasteiger partial charge on any atom is -0.208 e. The number of benzene rings is 9. The van der Waals surface area contributed by atoms with E-state index >= 15 is 0 Å². The van der Waals surface area contributed by atoms with E-state index in [0.29, 0.717) is 17.5 Å². The van der Waals surface area contributed by atoms with Crippen molar-refractivity contribution in [2.75, 3.05) is 0 Å². The molecule has 5 aliphatic carbocycles. The van der Waals surface area contributed by atoms with Crippen molar-refractivity contribution in [2.24, 2.45) is 23.7 Å². The Balaban J connectivity index is 0.811. The molecule has 3 nitrogen and oxygen atoms in total. The largest absolute Gasteiger partial charge is 0.208 e. The third-order valence-electron chi connectivity index (χ3n) is 15.9. The molecule has 0 aliphatic heterocycles. The summed E-state index contributed by atoms with van der Waals surface area (Å²) in [6.45, 7) is 0. The average molecular weight is 820 g/mol. The zero-order valence-electron chi connectivity index (χ0n) is 35.6. The molecule has 5 aliphatic rings. The van der Waals surface area contributed by atoms with Crippen LogP contribution in [0.4, 0.5) is 0 Å². The fourth-order valence-corrected chi connectivity index (χ4v) is 13.4. The zero-order valence-corrected chi connectivity index (χ0v) is 35.6. The molecule has 15 rings (SSSR count). The summed E-state index contributed by atoms with van der Waals surface area (Å²) in [6, 6.07) is 69.0. The van der Waals surface area contributed by atoms with E-state index in [2.05, 4.69) is 170 Å². The highest BCUT2D eigenvalue weighted by molar-refractivity contribution is 6.25. The van der Waals surface area contributed by atoms with Crippen LogP contribution in [0.2, 0.25) is 0 Å². The summed E-state index contributed by atoms with van der Waals surface area (Å²) in [5.41, 5.74) is 14.0. The van der Waals surface area contributed by atoms with Gasteiger partial charge in [-0.25, -0.2) is 15.0 Å². The molecule has 0 amide bonds. The van der Waals surface area contributed by atoms with Crippen LogP contribution in [0.15, 0.2) is 188 Å². The molecule has 0 N–H and O–H groups in total. The first-order valence-corrected chi connectivity index (χ1v) is 23.3. The van der Waals surface area contributed by atoms with Gasteiger partial charge < -0.3 is 0 Å². The van der Waals surface area contributed by atoms with Gasteiger partial charge >= 0.3 is 0 Å². The van der Waals surface area contributed by atoms with Crippen molar-refractivity contribution in [3.05, 3.63) is 199 Å². The molecule has 0 radical (unpaired) electrons. The summed E-state index contributed by atoms with van der Waals surface area (Å²) in [4.78, 5) is 15.3. The quantitative estimate of drug-likeness (QED) is 0.162. The molecule has 4 saturated carbocycles. The summed E-state index contributed by atoms with van der Waals surface area (Å²) >= 11 is 0. The van der Waals surface area contributed by atoms with E-state index in [0.717, 1.165) is 45.9 Å². The first kappa shape index (κ1) is 36.3. The maximum absolute atomic E-state index is 5.14. The Morgan fingerprint density at radius 1 is 0.297 bits per heavy atom. The van der Waals surface area contributed by atoms with Gasteiger partial charge in [0.25, 0.3) is 0 Å². The molecule has 3 heteroatoms. The van der Waals surface area contributed by atoms with Crippen LogP contribution in [0.3, 0.4) is 0 Å². The second kappa shape index (κ2) is 13.9. The predicted molar refractivity (Wildman–Crippen MR) is 263 cm³/mol. The van der Waals surface area contributed by atoms with Crippen LogP contribution in [0.1, 0.15) is 43.2 Å². The summed E-state index contributed by atoms with van der Waals surface area (Å²) in [5.74, 6) is 5.41. The SMILES string of the molecule is c1ccc(-c2nc(-c3ccc(-c4ccc5c(c4)-c4ccccc4C54C5CC6CC(C5)CC4C6)cc3)nc(-c3ccc(-c4ccc5c6ccccc6c6ccccc6c5c4)cc3)n2)cc1. The van der Waals surface area contributed by atoms with E-state index in [1.807, 2.05) is 18.2 Å². The van der Waals surface area contributed by atoms with Crippen LogP contribution in [0, 0.1) is 23.7 Å². The van der Waals surface area contributed by atoms with Crippen LogP contribution < -0.4 is 0 Å². The topological polar surface area (TPSA) is 38.7 Å². The van der Waals surface area contributed by atoms with Gasteiger partial charge in [-0.05, 0) is 145 Å². The number of aromatic nitrogens is 3. The van der Waals surface area contributed by atoms with Gasteiger partial charge in [-0.3, -0.25) is 0 Å². The van der Waals surface area contributed by atoms with Gasteiger partial charge in [0.2, 0.25) is 0 Å². The maximum atomic E-state index is 5.14. The first-order valence-electron chi connectivity index (χ1n) is 23.3. The molecule has 304 valence electrons. The highest BCUT2D eigenvalue weighted by Crippen LogP contribution is 2.69. The van der Waals surface area contributed by atoms with Crippen molar-refractivity contribution < 1.29 is 0 Å². The lowest BCUT2D eigenvalue weighted by molar-refractivity contribution is -0.0399. The summed E-state index contributed by atoms with van der Waals surface area (Å²) in [5, 5.41) is 7.68. The van der Waals surface area contributed by atoms with Crippen molar-refractivity contribution in [3.8, 4) is 67.5 Å². The molecule has 1 spiro atoms. The van der Waals surface area contributed by atoms with Crippen molar-refractivity contribution >= 4 is 32.3 Å². The van der Waals surface area contributed by atoms with Crippen molar-refractivity contribution in [1.29, 1.82) is 0 Å². The molecule has 0 unspecified atom stereocenters. The third kappa shape index (κ3) is 5.37. The van der Waals surface area contributed by atoms with E-state index in [1.165, 1.54) is 92.2 Å². The minimum absolute atomic E-state index is 0.191. The smallest absolute Gasteiger partial charge is 0.164 e. The Morgan fingerprint density at radius 3 is 1.28 bits per heavy atom. The van der Waals surface area contributed by atoms with Gasteiger partial charge in [-0.1, -0.05) is 176 Å². The molecule has 9 aromatic carbocycles. The van der Waals surface area contributed by atoms with Gasteiger partial charge in [0, 0.05) is 22.1 Å². The highest BCUT2D eigenvalue weighted by Gasteiger charge is 2.61. The van der Waals surface area contributed by atoms with Crippen LogP contribution in [-0.4, -0.2) is 15.0 Å². The Hall–Kier alpha value is -7.23. The average Bonchev–Trinajstić information content (AvgIpc) is 3.65. The standard InChI is InChI=1S/C61H45N3/c1-2-10-41(11-3-1)58-62-59(42-22-18-39(19-23-42)44-26-28-52-50-14-5-4-12-48(50)49-13-6-7-15-51(49)54(52)35-44)64-60(63-58)43-24-20-40(21-25-43)45-27-29-57-55(36-45)53-16-8-9-17-56(53)61(57)46-31-37-30-38(33-46)34-47(61)32-37/h1-29,35-38,46-47H,30-34H2. The molecular formula is C61H45N3. The lowest BCUT2D eigenvalue weighted by Crippen LogP contribution is -2.55. The van der Waals surface area contributed by atoms with Gasteiger partial charge in [0.1, 0.15) is 0 Å². The molecular weight excluding hydrogens is 775 g/mol. The van der Waals surface area contributed by atoms with E-state index in [-0.39, 0.29) is 5.41 Å². The maximum Gasteiger partial charge on any atom is 0.164 e. The normalized spacial score (nSPS) is 21.5. The van der Waals surface area contributed by atoms with Gasteiger partial charge in [-0.2, -0.15) is 0 Å². The fraction of sp³-hybridized carbons (Fsp3) is 0.164. The van der Waals surface area contributed by atoms with E-state index < -0.39 is 0 Å². The van der Waals surface area contributed by atoms with Crippen molar-refractivity contribution in [3.63, 3.8) is 0 Å². The Morgan fingerprint density at radius 2 is 0.703 bits per heavy atom. The summed E-state index contributed by atoms with van der Waals surface area (Å²) in [7, 11) is 0. The monoisotopic (exact) mass is 819 g/mol. The van der Waals surface area contributed by atoms with Crippen molar-refractivity contribution in [2.45, 2.75) is 37.5 Å². The number of nitrogens with zero attached hydrogens (tertiary/aromatic N) is 3. The zero-order chi connectivity index (χ0) is 41.9. The lowest BCUT2D eigenvalue weighted by Gasteiger charge is -2.61. The van der Waals surface area contributed by atoms with Gasteiger partial charge in [-0.15, -0.1) is 0 Å². The number of rotatable bonds is 5. The number of fused-ring (bicyclic) bond motifs is 9. The van der Waals surface area contributed by atoms with Crippen LogP contribution in [0.5, 0.6) is 0 Å². The van der Waals surface area contributed by atoms with E-state index in [1.54, 1.807) is 11.1 Å². The second-order valence-electron chi connectivity index (χ2n) is 19.2. The van der Waals surface area contributed by atoms with E-state index in [9.17, 15) is 0 Å². The Kier molecular flexibility index (Phi) is 7.87. The molecule has 1 heterocycles. The molecule has 10 aromatic rings. The molecule has 64 heavy (non-hydrogen) atoms. The van der Waals surface area contributed by atoms with Crippen LogP contribution >= 0.6 is 0 Å². The Labute approximate surface area is 373 Å². The number of hydrogen-bond acceptors (Lipinski definition) is 3. The summed E-state index contributed by atoms with van der Waals surface area (Å²) in [6.07, 6.45) is 7.09. The van der Waals surface area contributed by atoms with E-state index in [4.69, 9.17) is 15.0 Å². The van der Waals surface area contributed by atoms with Crippen LogP contribution in [-0.2, 0) is 5.41 Å². The molecule has 1 aromatic heterocycles. The fourth-order valence-electron chi connectivity index (χ4n) is 13.4. The molecule has 0 atom stereocenters. The summed E-state index contributed by atoms with van der Waals surface area (Å²) < 4.78 is 0. The van der Waals surface area contributed by atoms with Gasteiger partial charge in [0.05, 0.1) is 0 Å². The highest BCUT2D eigenvalue weighted by atomic mass is 15.0. The first-order chi connectivity index (χ1) is 31.7. The molecule has 0 saturated heterocycles. The van der Waals surface area contributed by atoms with Crippen LogP contribution in [0.25, 0.3) is 99.9 Å². The minimum atomic E-state index is 0.191. The predicted octanol–water partition coefficient (Wildman–Crippen LogP) is 15.4.